The van der Waals surface area contributed by atoms with Gasteiger partial charge in [-0.3, -0.25) is 10.2 Å². The van der Waals surface area contributed by atoms with Crippen LogP contribution in [0.1, 0.15) is 69.4 Å². The first-order chi connectivity index (χ1) is 14.9. The molecular weight excluding hydrogens is 428 g/mol. The molecule has 1 aromatic rings. The number of hydrogen-bond donors (Lipinski definition) is 2. The zero-order valence-electron chi connectivity index (χ0n) is 19.2. The van der Waals surface area contributed by atoms with Crippen LogP contribution in [0.25, 0.3) is 0 Å². The molecule has 2 saturated heterocycles. The smallest absolute Gasteiger partial charge is 0.319 e. The van der Waals surface area contributed by atoms with Crippen LogP contribution < -0.4 is 5.73 Å². The molecule has 0 saturated carbocycles. The molecule has 2 heterocycles. The lowest BCUT2D eigenvalue weighted by molar-refractivity contribution is -0.149. The van der Waals surface area contributed by atoms with Crippen LogP contribution in [0.15, 0.2) is 24.3 Å². The zero-order valence-corrected chi connectivity index (χ0v) is 20.0. The summed E-state index contributed by atoms with van der Waals surface area (Å²) < 4.78 is 5.39. The molecule has 0 bridgehead atoms. The summed E-state index contributed by atoms with van der Waals surface area (Å²) in [7, 11) is 0. The quantitative estimate of drug-likeness (QED) is 0.375. The number of amidine groups is 1. The van der Waals surface area contributed by atoms with Crippen molar-refractivity contribution in [2.45, 2.75) is 64.4 Å². The Labute approximate surface area is 197 Å². The Morgan fingerprint density at radius 3 is 2.09 bits per heavy atom. The van der Waals surface area contributed by atoms with Crippen molar-refractivity contribution >= 4 is 30.2 Å². The highest BCUT2D eigenvalue weighted by atomic mass is 35.5. The van der Waals surface area contributed by atoms with Crippen LogP contribution in [0, 0.1) is 11.3 Å². The number of rotatable bonds is 6. The van der Waals surface area contributed by atoms with E-state index in [2.05, 4.69) is 12.1 Å². The van der Waals surface area contributed by atoms with E-state index in [4.69, 9.17) is 15.9 Å². The molecule has 3 N–H and O–H groups in total. The van der Waals surface area contributed by atoms with Crippen LogP contribution in [0.3, 0.4) is 0 Å². The van der Waals surface area contributed by atoms with E-state index in [1.54, 1.807) is 0 Å². The average molecular weight is 465 g/mol. The molecule has 178 valence electrons. The highest BCUT2D eigenvalue weighted by Crippen LogP contribution is 2.29. The molecule has 0 spiro atoms. The molecule has 1 aromatic carbocycles. The van der Waals surface area contributed by atoms with Gasteiger partial charge in [-0.1, -0.05) is 31.2 Å². The van der Waals surface area contributed by atoms with E-state index in [1.807, 2.05) is 35.8 Å². The standard InChI is InChI=1S/C24H36N4O3.ClH/c1-3-17(2)31-22(29)16-18-8-12-27(13-9-18)24(30)28-14-10-20(11-15-28)19-4-6-21(7-5-19)23(25)26;/h4-7,17-18,20H,3,8-16H2,1-2H3,(H3,25,26);1H/t17-;/m1./s1. The fraction of sp³-hybridized carbons (Fsp3) is 0.625. The molecule has 2 fully saturated rings. The van der Waals surface area contributed by atoms with Gasteiger partial charge in [0, 0.05) is 38.2 Å². The monoisotopic (exact) mass is 464 g/mol. The SMILES string of the molecule is CC[C@@H](C)OC(=O)CC1CCN(C(=O)N2CCC(c3ccc(C(=N)N)cc3)CC2)CC1.Cl. The summed E-state index contributed by atoms with van der Waals surface area (Å²) >= 11 is 0. The van der Waals surface area contributed by atoms with Crippen molar-refractivity contribution in [3.05, 3.63) is 35.4 Å². The van der Waals surface area contributed by atoms with E-state index in [9.17, 15) is 9.59 Å². The van der Waals surface area contributed by atoms with Crippen LogP contribution in [-0.4, -0.2) is 59.9 Å². The minimum absolute atomic E-state index is 0. The van der Waals surface area contributed by atoms with Crippen molar-refractivity contribution in [2.75, 3.05) is 26.2 Å². The van der Waals surface area contributed by atoms with Gasteiger partial charge in [-0.2, -0.15) is 0 Å². The molecule has 8 heteroatoms. The molecule has 0 unspecified atom stereocenters. The number of benzene rings is 1. The minimum atomic E-state index is -0.113. The van der Waals surface area contributed by atoms with E-state index in [1.165, 1.54) is 5.56 Å². The number of carbonyl (C=O) groups excluding carboxylic acids is 2. The van der Waals surface area contributed by atoms with Crippen LogP contribution in [0.4, 0.5) is 4.79 Å². The number of hydrogen-bond acceptors (Lipinski definition) is 4. The summed E-state index contributed by atoms with van der Waals surface area (Å²) in [6.45, 7) is 6.88. The van der Waals surface area contributed by atoms with Gasteiger partial charge in [0.05, 0.1) is 6.10 Å². The van der Waals surface area contributed by atoms with Crippen molar-refractivity contribution < 1.29 is 14.3 Å². The Kier molecular flexibility index (Phi) is 9.82. The number of nitrogens with zero attached hydrogens (tertiary/aromatic N) is 2. The number of piperidine rings is 2. The molecule has 2 amide bonds. The highest BCUT2D eigenvalue weighted by molar-refractivity contribution is 5.94. The number of nitrogen functional groups attached to an aromatic ring is 1. The van der Waals surface area contributed by atoms with E-state index in [0.29, 0.717) is 31.3 Å². The molecule has 32 heavy (non-hydrogen) atoms. The second-order valence-electron chi connectivity index (χ2n) is 8.92. The van der Waals surface area contributed by atoms with Gasteiger partial charge in [-0.25, -0.2) is 4.79 Å². The van der Waals surface area contributed by atoms with Crippen LogP contribution in [0.5, 0.6) is 0 Å². The van der Waals surface area contributed by atoms with Crippen molar-refractivity contribution in [2.24, 2.45) is 11.7 Å². The van der Waals surface area contributed by atoms with Crippen molar-refractivity contribution in [1.29, 1.82) is 5.41 Å². The molecular formula is C24H37ClN4O3. The van der Waals surface area contributed by atoms with E-state index in [-0.39, 0.29) is 36.3 Å². The van der Waals surface area contributed by atoms with Gasteiger partial charge in [0.25, 0.3) is 0 Å². The maximum Gasteiger partial charge on any atom is 0.319 e. The second kappa shape index (κ2) is 12.1. The topological polar surface area (TPSA) is 99.7 Å². The molecule has 3 rings (SSSR count). The predicted octanol–water partition coefficient (Wildman–Crippen LogP) is 4.14. The number of halogens is 1. The van der Waals surface area contributed by atoms with Crippen molar-refractivity contribution in [3.8, 4) is 0 Å². The Morgan fingerprint density at radius 2 is 1.59 bits per heavy atom. The first-order valence-corrected chi connectivity index (χ1v) is 11.5. The first-order valence-electron chi connectivity index (χ1n) is 11.5. The number of amides is 2. The normalized spacial score (nSPS) is 18.6. The second-order valence-corrected chi connectivity index (χ2v) is 8.92. The van der Waals surface area contributed by atoms with Gasteiger partial charge in [0.1, 0.15) is 5.84 Å². The van der Waals surface area contributed by atoms with Crippen molar-refractivity contribution in [3.63, 3.8) is 0 Å². The summed E-state index contributed by atoms with van der Waals surface area (Å²) in [4.78, 5) is 28.9. The van der Waals surface area contributed by atoms with Crippen LogP contribution in [0.2, 0.25) is 0 Å². The fourth-order valence-electron chi connectivity index (χ4n) is 4.46. The number of ether oxygens (including phenoxy) is 1. The summed E-state index contributed by atoms with van der Waals surface area (Å²) in [6.07, 6.45) is 4.88. The Morgan fingerprint density at radius 1 is 1.06 bits per heavy atom. The molecule has 7 nitrogen and oxygen atoms in total. The fourth-order valence-corrected chi connectivity index (χ4v) is 4.46. The summed E-state index contributed by atoms with van der Waals surface area (Å²) in [5.41, 5.74) is 7.53. The maximum atomic E-state index is 13.0. The number of carbonyl (C=O) groups is 2. The summed E-state index contributed by atoms with van der Waals surface area (Å²) in [6, 6.07) is 8.04. The van der Waals surface area contributed by atoms with Gasteiger partial charge in [-0.15, -0.1) is 12.4 Å². The third kappa shape index (κ3) is 6.86. The summed E-state index contributed by atoms with van der Waals surface area (Å²) in [5, 5.41) is 7.51. The van der Waals surface area contributed by atoms with Crippen LogP contribution >= 0.6 is 12.4 Å². The Bertz CT molecular complexity index is 770. The molecule has 0 aromatic heterocycles. The number of esters is 1. The van der Waals surface area contributed by atoms with E-state index in [0.717, 1.165) is 50.8 Å². The predicted molar refractivity (Wildman–Crippen MR) is 128 cm³/mol. The molecule has 2 aliphatic rings. The summed E-state index contributed by atoms with van der Waals surface area (Å²) in [5.74, 6) is 0.720. The number of likely N-dealkylation sites (tertiary alicyclic amines) is 2. The third-order valence-electron chi connectivity index (χ3n) is 6.71. The number of urea groups is 1. The maximum absolute atomic E-state index is 13.0. The largest absolute Gasteiger partial charge is 0.463 e. The van der Waals surface area contributed by atoms with Crippen LogP contribution in [-0.2, 0) is 9.53 Å². The molecule has 2 aliphatic heterocycles. The van der Waals surface area contributed by atoms with Crippen molar-refractivity contribution in [1.82, 2.24) is 9.80 Å². The molecule has 0 radical (unpaired) electrons. The van der Waals surface area contributed by atoms with Gasteiger partial charge in [0.15, 0.2) is 0 Å². The molecule has 1 atom stereocenters. The van der Waals surface area contributed by atoms with E-state index >= 15 is 0 Å². The zero-order chi connectivity index (χ0) is 22.4. The van der Waals surface area contributed by atoms with Gasteiger partial charge >= 0.3 is 12.0 Å². The molecule has 0 aliphatic carbocycles. The van der Waals surface area contributed by atoms with E-state index < -0.39 is 0 Å². The van der Waals surface area contributed by atoms with Gasteiger partial charge in [0.2, 0.25) is 0 Å². The Hall–Kier alpha value is -2.28. The average Bonchev–Trinajstić information content (AvgIpc) is 2.79. The lowest BCUT2D eigenvalue weighted by Gasteiger charge is -2.38. The Balaban J connectivity index is 0.00000363. The minimum Gasteiger partial charge on any atom is -0.463 e. The third-order valence-corrected chi connectivity index (χ3v) is 6.71. The van der Waals surface area contributed by atoms with Gasteiger partial charge < -0.3 is 20.3 Å². The lowest BCUT2D eigenvalue weighted by Crippen LogP contribution is -2.49. The van der Waals surface area contributed by atoms with Gasteiger partial charge in [-0.05, 0) is 56.4 Å². The number of nitrogens with two attached hydrogens (primary N) is 1. The first kappa shape index (κ1) is 26.0. The number of nitrogens with one attached hydrogen (secondary N) is 1. The lowest BCUT2D eigenvalue weighted by atomic mass is 9.89. The highest BCUT2D eigenvalue weighted by Gasteiger charge is 2.30.